The van der Waals surface area contributed by atoms with Crippen molar-refractivity contribution in [2.45, 2.75) is 25.9 Å². The number of hydrogen-bond donors (Lipinski definition) is 0. The van der Waals surface area contributed by atoms with Crippen LogP contribution in [-0.2, 0) is 9.53 Å². The maximum Gasteiger partial charge on any atom is 0.379 e. The summed E-state index contributed by atoms with van der Waals surface area (Å²) in [4.78, 5) is 25.8. The number of carbonyl (C=O) groups excluding carboxylic acids is 2. The Morgan fingerprint density at radius 2 is 2.09 bits per heavy atom. The van der Waals surface area contributed by atoms with Crippen molar-refractivity contribution in [3.8, 4) is 11.5 Å². The SMILES string of the molecule is CCOC(=O)C(=O)c1ccc(OC)c(OC2CCCN(C)C2)c1. The van der Waals surface area contributed by atoms with E-state index in [-0.39, 0.29) is 18.3 Å². The molecule has 1 heterocycles. The van der Waals surface area contributed by atoms with Crippen molar-refractivity contribution in [3.63, 3.8) is 0 Å². The van der Waals surface area contributed by atoms with Crippen LogP contribution in [0, 0.1) is 0 Å². The second-order valence-electron chi connectivity index (χ2n) is 5.56. The largest absolute Gasteiger partial charge is 0.493 e. The van der Waals surface area contributed by atoms with E-state index in [1.54, 1.807) is 26.2 Å². The van der Waals surface area contributed by atoms with E-state index in [9.17, 15) is 9.59 Å². The van der Waals surface area contributed by atoms with Gasteiger partial charge in [-0.2, -0.15) is 0 Å². The summed E-state index contributed by atoms with van der Waals surface area (Å²) in [6, 6.07) is 4.72. The number of carbonyl (C=O) groups is 2. The number of likely N-dealkylation sites (tertiary alicyclic amines) is 1. The van der Waals surface area contributed by atoms with Crippen LogP contribution in [0.2, 0.25) is 0 Å². The Hall–Kier alpha value is -2.08. The fourth-order valence-electron chi connectivity index (χ4n) is 2.62. The molecule has 1 aliphatic heterocycles. The van der Waals surface area contributed by atoms with Crippen LogP contribution in [0.25, 0.3) is 0 Å². The fraction of sp³-hybridized carbons (Fsp3) is 0.529. The summed E-state index contributed by atoms with van der Waals surface area (Å²) < 4.78 is 16.0. The summed E-state index contributed by atoms with van der Waals surface area (Å²) in [6.45, 7) is 3.70. The molecule has 0 saturated carbocycles. The zero-order chi connectivity index (χ0) is 16.8. The van der Waals surface area contributed by atoms with Gasteiger partial charge in [0.05, 0.1) is 13.7 Å². The van der Waals surface area contributed by atoms with Crippen LogP contribution in [-0.4, -0.2) is 56.6 Å². The molecule has 0 radical (unpaired) electrons. The van der Waals surface area contributed by atoms with Gasteiger partial charge < -0.3 is 19.1 Å². The summed E-state index contributed by atoms with van der Waals surface area (Å²) in [7, 11) is 3.59. The average Bonchev–Trinajstić information content (AvgIpc) is 2.54. The number of Topliss-reactive ketones (excluding diaryl/α,β-unsaturated/α-hetero) is 1. The third-order valence-corrected chi connectivity index (χ3v) is 3.76. The van der Waals surface area contributed by atoms with Gasteiger partial charge in [-0.3, -0.25) is 4.79 Å². The molecule has 1 aromatic rings. The third-order valence-electron chi connectivity index (χ3n) is 3.76. The van der Waals surface area contributed by atoms with Crippen LogP contribution in [0.3, 0.4) is 0 Å². The lowest BCUT2D eigenvalue weighted by Crippen LogP contribution is -2.38. The third kappa shape index (κ3) is 4.45. The molecule has 1 aromatic carbocycles. The minimum atomic E-state index is -0.860. The first-order valence-corrected chi connectivity index (χ1v) is 7.79. The van der Waals surface area contributed by atoms with Crippen LogP contribution in [0.5, 0.6) is 11.5 Å². The molecule has 1 saturated heterocycles. The summed E-state index contributed by atoms with van der Waals surface area (Å²) in [6.07, 6.45) is 2.05. The lowest BCUT2D eigenvalue weighted by Gasteiger charge is -2.30. The van der Waals surface area contributed by atoms with Gasteiger partial charge in [0.15, 0.2) is 11.5 Å². The monoisotopic (exact) mass is 321 g/mol. The number of piperidine rings is 1. The van der Waals surface area contributed by atoms with Gasteiger partial charge in [-0.05, 0) is 51.6 Å². The van der Waals surface area contributed by atoms with E-state index in [1.807, 2.05) is 7.05 Å². The lowest BCUT2D eigenvalue weighted by molar-refractivity contribution is -0.137. The molecule has 6 heteroatoms. The van der Waals surface area contributed by atoms with E-state index in [0.29, 0.717) is 11.5 Å². The fourth-order valence-corrected chi connectivity index (χ4v) is 2.62. The van der Waals surface area contributed by atoms with Crippen LogP contribution >= 0.6 is 0 Å². The Kier molecular flexibility index (Phi) is 5.98. The maximum atomic E-state index is 12.1. The van der Waals surface area contributed by atoms with Gasteiger partial charge in [0.25, 0.3) is 5.78 Å². The predicted octanol–water partition coefficient (Wildman–Crippen LogP) is 1.91. The van der Waals surface area contributed by atoms with Crippen LogP contribution < -0.4 is 9.47 Å². The Morgan fingerprint density at radius 3 is 2.74 bits per heavy atom. The molecule has 1 unspecified atom stereocenters. The molecule has 1 atom stereocenters. The molecule has 0 amide bonds. The number of ketones is 1. The van der Waals surface area contributed by atoms with E-state index >= 15 is 0 Å². The highest BCUT2D eigenvalue weighted by Crippen LogP contribution is 2.30. The van der Waals surface area contributed by atoms with Crippen molar-refractivity contribution < 1.29 is 23.8 Å². The van der Waals surface area contributed by atoms with Gasteiger partial charge in [0.2, 0.25) is 0 Å². The normalized spacial score (nSPS) is 18.3. The molecule has 126 valence electrons. The molecule has 0 N–H and O–H groups in total. The molecule has 1 fully saturated rings. The maximum absolute atomic E-state index is 12.1. The number of likely N-dealkylation sites (N-methyl/N-ethyl adjacent to an activating group) is 1. The highest BCUT2D eigenvalue weighted by atomic mass is 16.5. The number of hydrogen-bond acceptors (Lipinski definition) is 6. The molecule has 2 rings (SSSR count). The van der Waals surface area contributed by atoms with E-state index in [4.69, 9.17) is 14.2 Å². The minimum Gasteiger partial charge on any atom is -0.493 e. The number of ether oxygens (including phenoxy) is 3. The summed E-state index contributed by atoms with van der Waals surface area (Å²) in [5.41, 5.74) is 0.239. The standard InChI is InChI=1S/C17H23NO5/c1-4-22-17(20)16(19)12-7-8-14(21-3)15(10-12)23-13-6-5-9-18(2)11-13/h7-8,10,13H,4-6,9,11H2,1-3H3. The minimum absolute atomic E-state index is 0.0376. The van der Waals surface area contributed by atoms with Crippen molar-refractivity contribution in [2.75, 3.05) is 33.9 Å². The summed E-state index contributed by atoms with van der Waals surface area (Å²) in [5.74, 6) is -0.525. The number of methoxy groups -OCH3 is 1. The van der Waals surface area contributed by atoms with Crippen LogP contribution in [0.15, 0.2) is 18.2 Å². The van der Waals surface area contributed by atoms with Crippen molar-refractivity contribution in [2.24, 2.45) is 0 Å². The Bertz CT molecular complexity index is 572. The van der Waals surface area contributed by atoms with Crippen molar-refractivity contribution >= 4 is 11.8 Å². The molecular weight excluding hydrogens is 298 g/mol. The predicted molar refractivity (Wildman–Crippen MR) is 85.1 cm³/mol. The second-order valence-corrected chi connectivity index (χ2v) is 5.56. The van der Waals surface area contributed by atoms with Gasteiger partial charge in [-0.15, -0.1) is 0 Å². The van der Waals surface area contributed by atoms with Crippen molar-refractivity contribution in [1.29, 1.82) is 0 Å². The Labute approximate surface area is 136 Å². The smallest absolute Gasteiger partial charge is 0.379 e. The summed E-state index contributed by atoms with van der Waals surface area (Å²) in [5, 5.41) is 0. The number of nitrogens with zero attached hydrogens (tertiary/aromatic N) is 1. The van der Waals surface area contributed by atoms with Gasteiger partial charge in [0.1, 0.15) is 6.10 Å². The number of rotatable bonds is 6. The van der Waals surface area contributed by atoms with Crippen LogP contribution in [0.4, 0.5) is 0 Å². The second kappa shape index (κ2) is 7.97. The summed E-state index contributed by atoms with van der Waals surface area (Å²) >= 11 is 0. The van der Waals surface area contributed by atoms with E-state index in [0.717, 1.165) is 25.9 Å². The van der Waals surface area contributed by atoms with E-state index < -0.39 is 11.8 Å². The van der Waals surface area contributed by atoms with E-state index in [1.165, 1.54) is 6.07 Å². The number of benzene rings is 1. The number of esters is 1. The first-order valence-electron chi connectivity index (χ1n) is 7.79. The quantitative estimate of drug-likeness (QED) is 0.453. The average molecular weight is 321 g/mol. The first kappa shape index (κ1) is 17.3. The molecule has 1 aliphatic rings. The highest BCUT2D eigenvalue weighted by molar-refractivity contribution is 6.40. The topological polar surface area (TPSA) is 65.1 Å². The zero-order valence-electron chi connectivity index (χ0n) is 13.8. The molecule has 0 bridgehead atoms. The highest BCUT2D eigenvalue weighted by Gasteiger charge is 2.23. The van der Waals surface area contributed by atoms with Crippen molar-refractivity contribution in [1.82, 2.24) is 4.90 Å². The molecule has 0 spiro atoms. The van der Waals surface area contributed by atoms with Gasteiger partial charge in [-0.1, -0.05) is 0 Å². The molecule has 6 nitrogen and oxygen atoms in total. The molecular formula is C17H23NO5. The molecule has 23 heavy (non-hydrogen) atoms. The molecule has 0 aliphatic carbocycles. The first-order chi connectivity index (χ1) is 11.0. The van der Waals surface area contributed by atoms with Crippen molar-refractivity contribution in [3.05, 3.63) is 23.8 Å². The Morgan fingerprint density at radius 1 is 1.30 bits per heavy atom. The van der Waals surface area contributed by atoms with Gasteiger partial charge >= 0.3 is 5.97 Å². The zero-order valence-corrected chi connectivity index (χ0v) is 13.8. The van der Waals surface area contributed by atoms with Crippen LogP contribution in [0.1, 0.15) is 30.1 Å². The Balaban J connectivity index is 2.18. The van der Waals surface area contributed by atoms with Gasteiger partial charge in [-0.25, -0.2) is 4.79 Å². The lowest BCUT2D eigenvalue weighted by atomic mass is 10.1. The van der Waals surface area contributed by atoms with E-state index in [2.05, 4.69) is 4.90 Å². The van der Waals surface area contributed by atoms with Gasteiger partial charge in [0, 0.05) is 12.1 Å². The molecule has 0 aromatic heterocycles.